The molecule has 3 amide bonds. The Morgan fingerprint density at radius 1 is 0.500 bits per heavy atom. The SMILES string of the molecule is C=CC(=O)N1CC(Oc2cccc(-c3ccccc3N(S(C)(=O)=O)S(C)(=O)=O)c2)C1.C=CC(=O)N1CC(Oc2cccc(-c3ccccc3NS(C)(=O)=O)c2)C1.C=CC(=O)N1CC(Oc2ccccc2-c2ccc(C)cc2)C1. The van der Waals surface area contributed by atoms with Gasteiger partial charge in [-0.25, -0.2) is 25.3 Å². The van der Waals surface area contributed by atoms with Crippen LogP contribution in [-0.2, 0) is 44.5 Å². The van der Waals surface area contributed by atoms with Crippen LogP contribution in [0.2, 0.25) is 0 Å². The number of rotatable bonds is 17. The highest BCUT2D eigenvalue weighted by Gasteiger charge is 2.34. The van der Waals surface area contributed by atoms with Crippen molar-refractivity contribution in [1.29, 1.82) is 0 Å². The molecule has 9 rings (SSSR count). The van der Waals surface area contributed by atoms with Crippen molar-refractivity contribution in [2.45, 2.75) is 25.2 Å². The van der Waals surface area contributed by atoms with Gasteiger partial charge in [0.1, 0.15) is 35.6 Å². The Kier molecular flexibility index (Phi) is 18.3. The largest absolute Gasteiger partial charge is 0.487 e. The lowest BCUT2D eigenvalue weighted by molar-refractivity contribution is -0.135. The molecule has 0 atom stereocenters. The predicted molar refractivity (Wildman–Crippen MR) is 305 cm³/mol. The van der Waals surface area contributed by atoms with Gasteiger partial charge in [-0.3, -0.25) is 19.1 Å². The number of nitrogens with one attached hydrogen (secondary N) is 1. The molecule has 0 bridgehead atoms. The Labute approximate surface area is 456 Å². The number of para-hydroxylation sites is 3. The summed E-state index contributed by atoms with van der Waals surface area (Å²) in [5.74, 6) is 1.78. The quantitative estimate of drug-likeness (QED) is 0.0869. The highest BCUT2D eigenvalue weighted by atomic mass is 32.3. The molecule has 17 nitrogen and oxygen atoms in total. The summed E-state index contributed by atoms with van der Waals surface area (Å²) >= 11 is 0. The number of likely N-dealkylation sites (tertiary alicyclic amines) is 3. The van der Waals surface area contributed by atoms with Crippen LogP contribution in [0.4, 0.5) is 11.4 Å². The molecule has 3 saturated heterocycles. The van der Waals surface area contributed by atoms with E-state index in [0.717, 1.165) is 46.8 Å². The van der Waals surface area contributed by atoms with E-state index < -0.39 is 30.1 Å². The second-order valence-electron chi connectivity index (χ2n) is 18.6. The van der Waals surface area contributed by atoms with Gasteiger partial charge in [0.2, 0.25) is 47.8 Å². The number of hydrogen-bond donors (Lipinski definition) is 1. The monoisotopic (exact) mass is 1120 g/mol. The molecule has 3 aliphatic rings. The molecule has 78 heavy (non-hydrogen) atoms. The van der Waals surface area contributed by atoms with Gasteiger partial charge in [0, 0.05) is 16.7 Å². The Morgan fingerprint density at radius 3 is 1.37 bits per heavy atom. The number of benzene rings is 6. The van der Waals surface area contributed by atoms with Gasteiger partial charge in [0.15, 0.2) is 0 Å². The van der Waals surface area contributed by atoms with E-state index in [-0.39, 0.29) is 41.7 Å². The van der Waals surface area contributed by atoms with Crippen LogP contribution < -0.4 is 22.6 Å². The number of carbonyl (C=O) groups is 3. The van der Waals surface area contributed by atoms with Crippen molar-refractivity contribution >= 4 is 59.2 Å². The van der Waals surface area contributed by atoms with E-state index in [0.29, 0.717) is 71.3 Å². The normalized spacial score (nSPS) is 14.5. The molecule has 408 valence electrons. The molecule has 0 saturated carbocycles. The fourth-order valence-electron chi connectivity index (χ4n) is 8.55. The molecule has 3 heterocycles. The first-order valence-corrected chi connectivity index (χ1v) is 30.1. The number of sulfonamides is 3. The smallest absolute Gasteiger partial charge is 0.246 e. The Hall–Kier alpha value is -8.20. The molecule has 3 aliphatic heterocycles. The van der Waals surface area contributed by atoms with E-state index in [2.05, 4.69) is 61.7 Å². The van der Waals surface area contributed by atoms with Crippen molar-refractivity contribution in [2.75, 3.05) is 66.5 Å². The summed E-state index contributed by atoms with van der Waals surface area (Å²) in [5, 5.41) is 0. The Morgan fingerprint density at radius 2 is 0.910 bits per heavy atom. The van der Waals surface area contributed by atoms with E-state index in [4.69, 9.17) is 14.2 Å². The minimum atomic E-state index is -4.08. The number of aryl methyl sites for hydroxylation is 1. The van der Waals surface area contributed by atoms with Gasteiger partial charge in [-0.05, 0) is 84.3 Å². The van der Waals surface area contributed by atoms with Crippen molar-refractivity contribution in [3.05, 3.63) is 189 Å². The summed E-state index contributed by atoms with van der Waals surface area (Å²) in [6.45, 7) is 15.7. The van der Waals surface area contributed by atoms with Gasteiger partial charge in [-0.1, -0.05) is 128 Å². The standard InChI is InChI=1S/C20H22N2O6S2.C19H20N2O4S.C19H19NO2/c1-4-20(23)21-13-17(14-21)28-16-9-7-8-15(12-16)18-10-5-6-11-19(18)22(29(2,24)25)30(3,26)27;1-3-19(22)21-12-16(13-21)25-15-8-6-7-14(11-15)17-9-4-5-10-18(17)20-26(2,23)24;1-3-19(21)20-12-16(13-20)22-18-7-5-4-6-17(18)15-10-8-14(2)9-11-15/h4-12,17H,1,13-14H2,2-3H3;3-11,16,20H,1,12-13H2,2H3;3-11,16H,1,12-13H2,2H3. The highest BCUT2D eigenvalue weighted by Crippen LogP contribution is 2.37. The first-order valence-electron chi connectivity index (χ1n) is 24.5. The molecule has 6 aromatic rings. The Bertz CT molecular complexity index is 3510. The van der Waals surface area contributed by atoms with Gasteiger partial charge < -0.3 is 28.9 Å². The van der Waals surface area contributed by atoms with Crippen molar-refractivity contribution in [2.24, 2.45) is 0 Å². The predicted octanol–water partition coefficient (Wildman–Crippen LogP) is 7.79. The summed E-state index contributed by atoms with van der Waals surface area (Å²) in [5.41, 5.74) is 6.63. The lowest BCUT2D eigenvalue weighted by atomic mass is 10.0. The maximum Gasteiger partial charge on any atom is 0.246 e. The van der Waals surface area contributed by atoms with E-state index in [1.807, 2.05) is 54.6 Å². The fraction of sp³-hybridized carbons (Fsp3) is 0.224. The van der Waals surface area contributed by atoms with Crippen LogP contribution in [-0.4, -0.2) is 134 Å². The topological polar surface area (TPSA) is 206 Å². The first-order chi connectivity index (χ1) is 37.0. The highest BCUT2D eigenvalue weighted by molar-refractivity contribution is 8.09. The molecule has 3 fully saturated rings. The van der Waals surface area contributed by atoms with Crippen LogP contribution >= 0.6 is 0 Å². The number of amides is 3. The lowest BCUT2D eigenvalue weighted by Crippen LogP contribution is -2.55. The third-order valence-corrected chi connectivity index (χ3v) is 16.2. The first kappa shape index (κ1) is 57.5. The molecule has 0 aliphatic carbocycles. The zero-order valence-corrected chi connectivity index (χ0v) is 46.0. The average molecular weight is 1120 g/mol. The second kappa shape index (κ2) is 24.9. The molecular formula is C58H61N5O12S3. The van der Waals surface area contributed by atoms with Gasteiger partial charge in [-0.2, -0.15) is 3.71 Å². The number of carbonyl (C=O) groups excluding carboxylic acids is 3. The van der Waals surface area contributed by atoms with E-state index in [1.54, 1.807) is 69.3 Å². The van der Waals surface area contributed by atoms with Crippen molar-refractivity contribution in [3.8, 4) is 50.6 Å². The molecule has 1 N–H and O–H groups in total. The number of hydrogen-bond acceptors (Lipinski definition) is 12. The number of nitrogens with zero attached hydrogens (tertiary/aromatic N) is 4. The number of anilines is 2. The van der Waals surface area contributed by atoms with E-state index in [9.17, 15) is 39.6 Å². The molecule has 0 radical (unpaired) electrons. The maximum atomic E-state index is 12.2. The fourth-order valence-corrected chi connectivity index (χ4v) is 12.1. The van der Waals surface area contributed by atoms with Crippen molar-refractivity contribution < 1.29 is 53.8 Å². The molecule has 20 heteroatoms. The zero-order chi connectivity index (χ0) is 56.4. The molecule has 6 aromatic carbocycles. The van der Waals surface area contributed by atoms with E-state index >= 15 is 0 Å². The van der Waals surface area contributed by atoms with Crippen LogP contribution in [0.1, 0.15) is 5.56 Å². The van der Waals surface area contributed by atoms with Crippen LogP contribution in [0, 0.1) is 6.92 Å². The van der Waals surface area contributed by atoms with Crippen LogP contribution in [0.25, 0.3) is 33.4 Å². The zero-order valence-electron chi connectivity index (χ0n) is 43.6. The summed E-state index contributed by atoms with van der Waals surface area (Å²) in [7, 11) is -11.5. The minimum absolute atomic E-state index is 0.0334. The van der Waals surface area contributed by atoms with Gasteiger partial charge >= 0.3 is 0 Å². The second-order valence-corrected chi connectivity index (χ2v) is 24.3. The maximum absolute atomic E-state index is 12.2. The van der Waals surface area contributed by atoms with Gasteiger partial charge in [0.25, 0.3) is 0 Å². The van der Waals surface area contributed by atoms with Gasteiger partial charge in [-0.15, -0.1) is 0 Å². The van der Waals surface area contributed by atoms with Crippen LogP contribution in [0.3, 0.4) is 0 Å². The summed E-state index contributed by atoms with van der Waals surface area (Å²) in [6.07, 6.45) is 6.53. The van der Waals surface area contributed by atoms with Crippen LogP contribution in [0.15, 0.2) is 184 Å². The summed E-state index contributed by atoms with van der Waals surface area (Å²) < 4.78 is 92.8. The van der Waals surface area contributed by atoms with Crippen molar-refractivity contribution in [1.82, 2.24) is 14.7 Å². The summed E-state index contributed by atoms with van der Waals surface area (Å²) in [4.78, 5) is 39.5. The Balaban J connectivity index is 0.000000172. The third kappa shape index (κ3) is 15.0. The molecule has 0 unspecified atom stereocenters. The molecule has 0 aromatic heterocycles. The van der Waals surface area contributed by atoms with Crippen LogP contribution in [0.5, 0.6) is 17.2 Å². The minimum Gasteiger partial charge on any atom is -0.487 e. The van der Waals surface area contributed by atoms with E-state index in [1.165, 1.54) is 29.9 Å². The van der Waals surface area contributed by atoms with Gasteiger partial charge in [0.05, 0.1) is 69.4 Å². The number of ether oxygens (including phenoxy) is 3. The molecule has 0 spiro atoms. The third-order valence-electron chi connectivity index (χ3n) is 12.4. The lowest BCUT2D eigenvalue weighted by Gasteiger charge is -2.38. The average Bonchev–Trinajstić information content (AvgIpc) is 3.36. The van der Waals surface area contributed by atoms with Crippen molar-refractivity contribution in [3.63, 3.8) is 0 Å². The summed E-state index contributed by atoms with van der Waals surface area (Å²) in [6, 6.07) is 44.3. The molecular weight excluding hydrogens is 1050 g/mol.